The van der Waals surface area contributed by atoms with Crippen LogP contribution in [0.15, 0.2) is 29.2 Å². The minimum Gasteiger partial charge on any atom is -0.355 e. The highest BCUT2D eigenvalue weighted by atomic mass is 32.2. The Morgan fingerprint density at radius 2 is 1.54 bits per heavy atom. The third-order valence-corrected chi connectivity index (χ3v) is 7.07. The number of carbonyl (C=O) groups excluding carboxylic acids is 2. The van der Waals surface area contributed by atoms with Crippen LogP contribution >= 0.6 is 11.8 Å². The zero-order valence-electron chi connectivity index (χ0n) is 16.9. The van der Waals surface area contributed by atoms with E-state index in [2.05, 4.69) is 10.6 Å². The van der Waals surface area contributed by atoms with Crippen molar-refractivity contribution in [3.63, 3.8) is 0 Å². The van der Waals surface area contributed by atoms with Gasteiger partial charge in [0.15, 0.2) is 0 Å². The Labute approximate surface area is 173 Å². The van der Waals surface area contributed by atoms with E-state index in [4.69, 9.17) is 0 Å². The minimum absolute atomic E-state index is 0.00221. The second-order valence-corrected chi connectivity index (χ2v) is 9.27. The zero-order chi connectivity index (χ0) is 19.6. The summed E-state index contributed by atoms with van der Waals surface area (Å²) in [5.41, 5.74) is 0.692. The van der Waals surface area contributed by atoms with Crippen molar-refractivity contribution in [2.24, 2.45) is 5.92 Å². The van der Waals surface area contributed by atoms with Crippen LogP contribution in [0, 0.1) is 5.92 Å². The minimum atomic E-state index is -0.00221. The lowest BCUT2D eigenvalue weighted by Gasteiger charge is -2.21. The summed E-state index contributed by atoms with van der Waals surface area (Å²) in [6.45, 7) is 0.795. The molecule has 0 heterocycles. The van der Waals surface area contributed by atoms with Gasteiger partial charge in [-0.15, -0.1) is 11.8 Å². The number of hydrogen-bond acceptors (Lipinski definition) is 3. The van der Waals surface area contributed by atoms with Crippen LogP contribution in [0.25, 0.3) is 0 Å². The third kappa shape index (κ3) is 6.84. The maximum Gasteiger partial charge on any atom is 0.252 e. The van der Waals surface area contributed by atoms with Crippen molar-refractivity contribution in [3.05, 3.63) is 29.8 Å². The standard InChI is InChI=1S/C23H34N2O2S/c26-22(24-16-18-10-4-3-5-11-18)17-28-21-15-9-8-14-20(21)23(27)25-19-12-6-1-2-7-13-19/h8-9,14-15,18-19H,1-7,10-13,16-17H2,(H,24,26)(H,25,27). The van der Waals surface area contributed by atoms with E-state index in [1.807, 2.05) is 24.3 Å². The number of hydrogen-bond donors (Lipinski definition) is 2. The smallest absolute Gasteiger partial charge is 0.252 e. The van der Waals surface area contributed by atoms with Crippen LogP contribution in [-0.4, -0.2) is 30.2 Å². The van der Waals surface area contributed by atoms with Crippen molar-refractivity contribution in [1.82, 2.24) is 10.6 Å². The number of rotatable bonds is 7. The summed E-state index contributed by atoms with van der Waals surface area (Å²) >= 11 is 1.46. The van der Waals surface area contributed by atoms with Crippen molar-refractivity contribution < 1.29 is 9.59 Å². The van der Waals surface area contributed by atoms with E-state index in [-0.39, 0.29) is 17.9 Å². The van der Waals surface area contributed by atoms with Crippen LogP contribution in [-0.2, 0) is 4.79 Å². The average Bonchev–Trinajstić information content (AvgIpc) is 3.00. The Morgan fingerprint density at radius 3 is 2.29 bits per heavy atom. The second-order valence-electron chi connectivity index (χ2n) is 8.25. The Bertz CT molecular complexity index is 635. The number of carbonyl (C=O) groups is 2. The average molecular weight is 403 g/mol. The highest BCUT2D eigenvalue weighted by molar-refractivity contribution is 8.00. The van der Waals surface area contributed by atoms with Crippen LogP contribution in [0.1, 0.15) is 81.0 Å². The first-order valence-electron chi connectivity index (χ1n) is 11.0. The van der Waals surface area contributed by atoms with Crippen molar-refractivity contribution in [3.8, 4) is 0 Å². The molecule has 0 saturated heterocycles. The van der Waals surface area contributed by atoms with Gasteiger partial charge in [0.25, 0.3) is 5.91 Å². The highest BCUT2D eigenvalue weighted by Gasteiger charge is 2.19. The van der Waals surface area contributed by atoms with Gasteiger partial charge in [0, 0.05) is 17.5 Å². The second kappa shape index (κ2) is 11.5. The van der Waals surface area contributed by atoms with Crippen molar-refractivity contribution in [2.45, 2.75) is 81.6 Å². The van der Waals surface area contributed by atoms with E-state index in [1.54, 1.807) is 0 Å². The lowest BCUT2D eigenvalue weighted by Crippen LogP contribution is -2.34. The first-order valence-corrected chi connectivity index (χ1v) is 12.0. The van der Waals surface area contributed by atoms with Crippen LogP contribution < -0.4 is 10.6 Å². The normalized spacial score (nSPS) is 19.0. The molecular weight excluding hydrogens is 368 g/mol. The molecule has 2 fully saturated rings. The van der Waals surface area contributed by atoms with Gasteiger partial charge in [-0.3, -0.25) is 9.59 Å². The quantitative estimate of drug-likeness (QED) is 0.502. The number of thioether (sulfide) groups is 1. The summed E-state index contributed by atoms with van der Waals surface area (Å²) in [5.74, 6) is 1.06. The van der Waals surface area contributed by atoms with Gasteiger partial charge in [-0.05, 0) is 43.7 Å². The van der Waals surface area contributed by atoms with Gasteiger partial charge in [-0.25, -0.2) is 0 Å². The Balaban J connectivity index is 1.48. The molecule has 0 aromatic heterocycles. The molecule has 2 N–H and O–H groups in total. The zero-order valence-corrected chi connectivity index (χ0v) is 17.7. The molecule has 0 spiro atoms. The van der Waals surface area contributed by atoms with Gasteiger partial charge in [-0.2, -0.15) is 0 Å². The SMILES string of the molecule is O=C(CSc1ccccc1C(=O)NC1CCCCCC1)NCC1CCCCC1. The van der Waals surface area contributed by atoms with Crippen LogP contribution in [0.5, 0.6) is 0 Å². The van der Waals surface area contributed by atoms with Crippen molar-refractivity contribution >= 4 is 23.6 Å². The third-order valence-electron chi connectivity index (χ3n) is 5.99. The molecule has 1 aromatic rings. The summed E-state index contributed by atoms with van der Waals surface area (Å²) in [6.07, 6.45) is 13.5. The van der Waals surface area contributed by atoms with E-state index in [9.17, 15) is 9.59 Å². The van der Waals surface area contributed by atoms with Gasteiger partial charge < -0.3 is 10.6 Å². The summed E-state index contributed by atoms with van der Waals surface area (Å²) in [7, 11) is 0. The first-order chi connectivity index (χ1) is 13.7. The van der Waals surface area contributed by atoms with Crippen LogP contribution in [0.3, 0.4) is 0 Å². The van der Waals surface area contributed by atoms with E-state index < -0.39 is 0 Å². The van der Waals surface area contributed by atoms with E-state index >= 15 is 0 Å². The molecule has 3 rings (SSSR count). The maximum atomic E-state index is 12.8. The molecule has 5 heteroatoms. The molecule has 0 atom stereocenters. The molecule has 2 amide bonds. The lowest BCUT2D eigenvalue weighted by atomic mass is 9.89. The molecule has 1 aromatic carbocycles. The summed E-state index contributed by atoms with van der Waals surface area (Å²) in [6, 6.07) is 7.93. The van der Waals surface area contributed by atoms with Crippen molar-refractivity contribution in [1.29, 1.82) is 0 Å². The topological polar surface area (TPSA) is 58.2 Å². The molecule has 2 aliphatic carbocycles. The summed E-state index contributed by atoms with van der Waals surface area (Å²) in [5, 5.41) is 6.30. The Kier molecular flexibility index (Phi) is 8.71. The van der Waals surface area contributed by atoms with Crippen molar-refractivity contribution in [2.75, 3.05) is 12.3 Å². The summed E-state index contributed by atoms with van der Waals surface area (Å²) < 4.78 is 0. The molecular formula is C23H34N2O2S. The fraction of sp³-hybridized carbons (Fsp3) is 0.652. The molecule has 0 radical (unpaired) electrons. The predicted molar refractivity (Wildman–Crippen MR) is 116 cm³/mol. The molecule has 2 saturated carbocycles. The van der Waals surface area contributed by atoms with Crippen LogP contribution in [0.2, 0.25) is 0 Å². The van der Waals surface area contributed by atoms with Gasteiger partial charge in [-0.1, -0.05) is 57.1 Å². The first kappa shape index (κ1) is 21.2. The molecule has 28 heavy (non-hydrogen) atoms. The maximum absolute atomic E-state index is 12.8. The fourth-order valence-corrected chi connectivity index (χ4v) is 5.19. The van der Waals surface area contributed by atoms with Gasteiger partial charge in [0.1, 0.15) is 0 Å². The fourth-order valence-electron chi connectivity index (χ4n) is 4.31. The van der Waals surface area contributed by atoms with Gasteiger partial charge in [0.2, 0.25) is 5.91 Å². The van der Waals surface area contributed by atoms with E-state index in [0.29, 0.717) is 17.2 Å². The molecule has 0 bridgehead atoms. The van der Waals surface area contributed by atoms with Gasteiger partial charge >= 0.3 is 0 Å². The lowest BCUT2D eigenvalue weighted by molar-refractivity contribution is -0.118. The largest absolute Gasteiger partial charge is 0.355 e. The summed E-state index contributed by atoms with van der Waals surface area (Å²) in [4.78, 5) is 26.0. The molecule has 2 aliphatic rings. The molecule has 0 aliphatic heterocycles. The Morgan fingerprint density at radius 1 is 0.893 bits per heavy atom. The number of nitrogens with one attached hydrogen (secondary N) is 2. The predicted octanol–water partition coefficient (Wildman–Crippen LogP) is 4.93. The molecule has 154 valence electrons. The van der Waals surface area contributed by atoms with E-state index in [0.717, 1.165) is 24.3 Å². The Hall–Kier alpha value is -1.49. The monoisotopic (exact) mass is 402 g/mol. The highest BCUT2D eigenvalue weighted by Crippen LogP contribution is 2.25. The molecule has 4 nitrogen and oxygen atoms in total. The van der Waals surface area contributed by atoms with Gasteiger partial charge in [0.05, 0.1) is 11.3 Å². The molecule has 0 unspecified atom stereocenters. The van der Waals surface area contributed by atoms with E-state index in [1.165, 1.54) is 69.5 Å². The van der Waals surface area contributed by atoms with Crippen LogP contribution in [0.4, 0.5) is 0 Å². The number of amides is 2. The number of benzene rings is 1.